The lowest BCUT2D eigenvalue weighted by molar-refractivity contribution is -0.146. The van der Waals surface area contributed by atoms with Crippen LogP contribution in [-0.2, 0) is 16.0 Å². The van der Waals surface area contributed by atoms with Crippen molar-refractivity contribution in [3.63, 3.8) is 0 Å². The van der Waals surface area contributed by atoms with Crippen LogP contribution in [0.15, 0.2) is 41.4 Å². The Morgan fingerprint density at radius 1 is 1.15 bits per heavy atom. The number of aromatic nitrogens is 2. The van der Waals surface area contributed by atoms with E-state index in [0.29, 0.717) is 11.0 Å². The fourth-order valence-electron chi connectivity index (χ4n) is 4.00. The molecule has 182 valence electrons. The van der Waals surface area contributed by atoms with Gasteiger partial charge >= 0.3 is 12.4 Å². The first-order chi connectivity index (χ1) is 15.1. The zero-order valence-corrected chi connectivity index (χ0v) is 18.2. The molecule has 0 atom stereocenters. The summed E-state index contributed by atoms with van der Waals surface area (Å²) in [6.45, 7) is -0.164. The zero-order chi connectivity index (χ0) is 24.7. The highest BCUT2D eigenvalue weighted by molar-refractivity contribution is 7.92. The Hall–Kier alpha value is -2.57. The Morgan fingerprint density at radius 2 is 1.79 bits per heavy atom. The van der Waals surface area contributed by atoms with E-state index in [1.54, 1.807) is 0 Å². The number of nitrogens with zero attached hydrogens (tertiary/aromatic N) is 2. The van der Waals surface area contributed by atoms with Gasteiger partial charge in [0.15, 0.2) is 9.84 Å². The molecule has 1 saturated carbocycles. The Morgan fingerprint density at radius 3 is 2.30 bits per heavy atom. The van der Waals surface area contributed by atoms with Crippen LogP contribution in [0.25, 0.3) is 0 Å². The van der Waals surface area contributed by atoms with E-state index in [-0.39, 0.29) is 31.4 Å². The van der Waals surface area contributed by atoms with Gasteiger partial charge in [-0.05, 0) is 56.9 Å². The Labute approximate surface area is 185 Å². The predicted octanol–water partition coefficient (Wildman–Crippen LogP) is 4.61. The molecule has 1 aromatic carbocycles. The number of amides is 1. The minimum Gasteiger partial charge on any atom is -0.325 e. The van der Waals surface area contributed by atoms with E-state index in [1.807, 2.05) is 0 Å². The summed E-state index contributed by atoms with van der Waals surface area (Å²) < 4.78 is 103. The molecular formula is C20H21F6N3O3S. The lowest BCUT2D eigenvalue weighted by atomic mass is 9.85. The highest BCUT2D eigenvalue weighted by Crippen LogP contribution is 2.41. The molecule has 0 saturated heterocycles. The molecule has 0 aliphatic heterocycles. The fourth-order valence-corrected chi connectivity index (χ4v) is 5.89. The summed E-state index contributed by atoms with van der Waals surface area (Å²) in [6, 6.07) is 3.71. The fraction of sp³-hybridized carbons (Fsp3) is 0.500. The van der Waals surface area contributed by atoms with Gasteiger partial charge in [0.1, 0.15) is 12.2 Å². The molecule has 1 aliphatic rings. The number of benzene rings is 1. The van der Waals surface area contributed by atoms with Gasteiger partial charge in [0, 0.05) is 12.2 Å². The van der Waals surface area contributed by atoms with E-state index in [0.717, 1.165) is 18.2 Å². The summed E-state index contributed by atoms with van der Waals surface area (Å²) in [7, 11) is -4.24. The van der Waals surface area contributed by atoms with E-state index in [9.17, 15) is 39.6 Å². The number of sulfone groups is 1. The molecule has 0 spiro atoms. The molecule has 2 aromatic rings. The van der Waals surface area contributed by atoms with Gasteiger partial charge in [-0.25, -0.2) is 8.42 Å². The molecule has 1 amide bonds. The molecule has 3 rings (SSSR count). The largest absolute Gasteiger partial charge is 0.416 e. The smallest absolute Gasteiger partial charge is 0.325 e. The zero-order valence-electron chi connectivity index (χ0n) is 17.4. The maximum Gasteiger partial charge on any atom is 0.416 e. The number of hydrogen-bond acceptors (Lipinski definition) is 4. The summed E-state index contributed by atoms with van der Waals surface area (Å²) in [5.41, 5.74) is -1.31. The number of rotatable bonds is 5. The molecule has 13 heteroatoms. The highest BCUT2D eigenvalue weighted by atomic mass is 32.2. The lowest BCUT2D eigenvalue weighted by Gasteiger charge is -2.41. The molecule has 1 fully saturated rings. The van der Waals surface area contributed by atoms with Crippen LogP contribution >= 0.6 is 0 Å². The number of carbonyl (C=O) groups excluding carboxylic acids is 1. The van der Waals surface area contributed by atoms with Crippen molar-refractivity contribution in [2.45, 2.75) is 60.6 Å². The number of alkyl halides is 6. The van der Waals surface area contributed by atoms with Crippen LogP contribution < -0.4 is 0 Å². The van der Waals surface area contributed by atoms with Crippen molar-refractivity contribution < 1.29 is 39.6 Å². The van der Waals surface area contributed by atoms with Gasteiger partial charge in [-0.2, -0.15) is 31.4 Å². The molecule has 1 aromatic heterocycles. The van der Waals surface area contributed by atoms with Crippen molar-refractivity contribution in [1.29, 1.82) is 0 Å². The second kappa shape index (κ2) is 8.65. The topological polar surface area (TPSA) is 83.1 Å². The van der Waals surface area contributed by atoms with Gasteiger partial charge in [0.2, 0.25) is 0 Å². The van der Waals surface area contributed by atoms with Crippen molar-refractivity contribution >= 4 is 15.7 Å². The third-order valence-corrected chi connectivity index (χ3v) is 8.48. The van der Waals surface area contributed by atoms with Gasteiger partial charge in [-0.1, -0.05) is 6.07 Å². The predicted molar refractivity (Wildman–Crippen MR) is 105 cm³/mol. The van der Waals surface area contributed by atoms with Crippen LogP contribution in [0.4, 0.5) is 26.3 Å². The number of nitrogens with one attached hydrogen (secondary N) is 1. The van der Waals surface area contributed by atoms with E-state index in [4.69, 9.17) is 0 Å². The summed E-state index contributed by atoms with van der Waals surface area (Å²) in [4.78, 5) is 12.7. The van der Waals surface area contributed by atoms with Crippen LogP contribution in [-0.4, -0.2) is 52.9 Å². The molecule has 1 heterocycles. The summed E-state index contributed by atoms with van der Waals surface area (Å²) in [6.07, 6.45) is -8.51. The second-order valence-electron chi connectivity index (χ2n) is 8.22. The quantitative estimate of drug-likeness (QED) is 0.612. The first-order valence-electron chi connectivity index (χ1n) is 9.93. The maximum atomic E-state index is 13.2. The monoisotopic (exact) mass is 497 g/mol. The maximum absolute atomic E-state index is 13.2. The molecular weight excluding hydrogens is 476 g/mol. The summed E-state index contributed by atoms with van der Waals surface area (Å²) in [5.74, 6) is -0.942. The van der Waals surface area contributed by atoms with E-state index in [2.05, 4.69) is 10.2 Å². The minimum absolute atomic E-state index is 0.0685. The number of aromatic amines is 1. The van der Waals surface area contributed by atoms with Crippen LogP contribution in [0.1, 0.15) is 48.7 Å². The van der Waals surface area contributed by atoms with E-state index in [1.165, 1.54) is 19.2 Å². The highest BCUT2D eigenvalue weighted by Gasteiger charge is 2.47. The van der Waals surface area contributed by atoms with Crippen LogP contribution in [0.5, 0.6) is 0 Å². The normalized spacial score (nSPS) is 22.2. The average molecular weight is 497 g/mol. The van der Waals surface area contributed by atoms with E-state index < -0.39 is 55.9 Å². The van der Waals surface area contributed by atoms with E-state index >= 15 is 0 Å². The van der Waals surface area contributed by atoms with Crippen LogP contribution in [0, 0.1) is 0 Å². The minimum atomic E-state index is -4.73. The molecule has 1 aliphatic carbocycles. The van der Waals surface area contributed by atoms with Gasteiger partial charge < -0.3 is 4.90 Å². The summed E-state index contributed by atoms with van der Waals surface area (Å²) >= 11 is 0. The van der Waals surface area contributed by atoms with Gasteiger partial charge in [0.05, 0.1) is 15.2 Å². The standard InChI is InChI=1S/C20H21F6N3O3S/c1-18(33(31,32)15-4-2-3-13(11-15)20(24,25)26)8-5-14(6-9-18)29(12-19(21,22)23)17(30)16-7-10-27-28-16/h2-4,7,10-11,14H,5-6,8-9,12H2,1H3,(H,27,28). The number of H-pyrrole nitrogens is 1. The van der Waals surface area contributed by atoms with Gasteiger partial charge in [0.25, 0.3) is 5.91 Å². The van der Waals surface area contributed by atoms with Crippen molar-refractivity contribution in [2.24, 2.45) is 0 Å². The van der Waals surface area contributed by atoms with Crippen molar-refractivity contribution in [3.8, 4) is 0 Å². The van der Waals surface area contributed by atoms with Gasteiger partial charge in [-0.3, -0.25) is 9.89 Å². The molecule has 6 nitrogen and oxygen atoms in total. The molecule has 0 bridgehead atoms. The lowest BCUT2D eigenvalue weighted by Crippen LogP contribution is -2.50. The average Bonchev–Trinajstić information content (AvgIpc) is 3.26. The Kier molecular flexibility index (Phi) is 6.57. The number of halogens is 6. The first-order valence-corrected chi connectivity index (χ1v) is 11.4. The molecule has 1 N–H and O–H groups in total. The van der Waals surface area contributed by atoms with Crippen molar-refractivity contribution in [1.82, 2.24) is 15.1 Å². The Balaban J connectivity index is 1.83. The molecule has 0 unspecified atom stereocenters. The van der Waals surface area contributed by atoms with Crippen molar-refractivity contribution in [2.75, 3.05) is 6.54 Å². The Bertz CT molecular complexity index is 1090. The third-order valence-electron chi connectivity index (χ3n) is 5.90. The molecule has 33 heavy (non-hydrogen) atoms. The first kappa shape index (κ1) is 25.1. The molecule has 0 radical (unpaired) electrons. The van der Waals surface area contributed by atoms with Gasteiger partial charge in [-0.15, -0.1) is 0 Å². The SMILES string of the molecule is CC1(S(=O)(=O)c2cccc(C(F)(F)F)c2)CCC(N(CC(F)(F)F)C(=O)c2cc[nH]n2)CC1. The summed E-state index contributed by atoms with van der Waals surface area (Å²) in [5, 5.41) is 5.99. The third kappa shape index (κ3) is 5.33. The van der Waals surface area contributed by atoms with Crippen LogP contribution in [0.2, 0.25) is 0 Å². The van der Waals surface area contributed by atoms with Crippen LogP contribution in [0.3, 0.4) is 0 Å². The van der Waals surface area contributed by atoms with Crippen molar-refractivity contribution in [3.05, 3.63) is 47.8 Å². The number of hydrogen-bond donors (Lipinski definition) is 1. The second-order valence-corrected chi connectivity index (χ2v) is 10.7. The number of carbonyl (C=O) groups is 1.